The normalized spacial score (nSPS) is 16.8. The van der Waals surface area contributed by atoms with Gasteiger partial charge >= 0.3 is 11.9 Å². The highest BCUT2D eigenvalue weighted by atomic mass is 16.5. The summed E-state index contributed by atoms with van der Waals surface area (Å²) in [6, 6.07) is 0. The van der Waals surface area contributed by atoms with E-state index < -0.39 is 0 Å². The van der Waals surface area contributed by atoms with Crippen molar-refractivity contribution in [2.45, 2.75) is 194 Å². The Balaban J connectivity index is 1.98. The molecular formula is C43H79NO4. The van der Waals surface area contributed by atoms with Crippen molar-refractivity contribution in [3.8, 4) is 0 Å². The zero-order valence-corrected chi connectivity index (χ0v) is 32.2. The smallest absolute Gasteiger partial charge is 0.305 e. The fourth-order valence-electron chi connectivity index (χ4n) is 6.78. The second-order valence-electron chi connectivity index (χ2n) is 14.8. The second-order valence-corrected chi connectivity index (χ2v) is 14.8. The van der Waals surface area contributed by atoms with Gasteiger partial charge in [0.15, 0.2) is 0 Å². The van der Waals surface area contributed by atoms with Crippen LogP contribution in [0.15, 0.2) is 24.3 Å². The number of nitrogens with zero attached hydrogens (tertiary/aromatic N) is 1. The molecule has 0 aromatic carbocycles. The van der Waals surface area contributed by atoms with Crippen LogP contribution in [0.5, 0.6) is 0 Å². The SMILES string of the molecule is CCCCCCCCC=CCCCCCCCC(=O)OCC1CN(C)C[C@H]1COC(=O)CCCCCCCC=CCCCCCCCC. The zero-order valence-electron chi connectivity index (χ0n) is 32.2. The van der Waals surface area contributed by atoms with Gasteiger partial charge in [0.1, 0.15) is 0 Å². The van der Waals surface area contributed by atoms with Crippen molar-refractivity contribution in [3.63, 3.8) is 0 Å². The highest BCUT2D eigenvalue weighted by molar-refractivity contribution is 5.69. The van der Waals surface area contributed by atoms with Crippen LogP contribution in [-0.4, -0.2) is 50.2 Å². The number of esters is 2. The molecule has 2 atom stereocenters. The van der Waals surface area contributed by atoms with Crippen molar-refractivity contribution in [1.82, 2.24) is 4.90 Å². The Bertz CT molecular complexity index is 730. The molecule has 0 aromatic heterocycles. The predicted octanol–water partition coefficient (Wildman–Crippen LogP) is 12.3. The summed E-state index contributed by atoms with van der Waals surface area (Å²) >= 11 is 0. The van der Waals surface area contributed by atoms with Gasteiger partial charge in [0.25, 0.3) is 0 Å². The van der Waals surface area contributed by atoms with Gasteiger partial charge in [-0.1, -0.05) is 141 Å². The Hall–Kier alpha value is -1.62. The van der Waals surface area contributed by atoms with E-state index in [2.05, 4.69) is 50.1 Å². The summed E-state index contributed by atoms with van der Waals surface area (Å²) in [6.07, 6.45) is 43.1. The number of ether oxygens (including phenoxy) is 2. The minimum atomic E-state index is -0.0814. The Morgan fingerprint density at radius 1 is 0.479 bits per heavy atom. The zero-order chi connectivity index (χ0) is 34.8. The molecule has 1 aliphatic heterocycles. The van der Waals surface area contributed by atoms with Gasteiger partial charge < -0.3 is 14.4 Å². The Morgan fingerprint density at radius 3 is 1.10 bits per heavy atom. The molecule has 0 aromatic rings. The van der Waals surface area contributed by atoms with E-state index in [0.717, 1.165) is 38.8 Å². The third-order valence-corrected chi connectivity index (χ3v) is 9.96. The van der Waals surface area contributed by atoms with E-state index in [-0.39, 0.29) is 23.8 Å². The molecule has 1 aliphatic rings. The van der Waals surface area contributed by atoms with E-state index in [0.29, 0.717) is 26.1 Å². The molecule has 0 aliphatic carbocycles. The molecule has 0 spiro atoms. The number of rotatable bonds is 34. The van der Waals surface area contributed by atoms with Crippen LogP contribution in [0, 0.1) is 11.8 Å². The van der Waals surface area contributed by atoms with Gasteiger partial charge in [-0.3, -0.25) is 9.59 Å². The number of unbranched alkanes of at least 4 members (excludes halogenated alkanes) is 22. The molecule has 1 heterocycles. The van der Waals surface area contributed by atoms with Crippen molar-refractivity contribution < 1.29 is 19.1 Å². The number of hydrogen-bond donors (Lipinski definition) is 0. The fraction of sp³-hybridized carbons (Fsp3) is 0.860. The number of hydrogen-bond acceptors (Lipinski definition) is 5. The summed E-state index contributed by atoms with van der Waals surface area (Å²) in [4.78, 5) is 27.0. The van der Waals surface area contributed by atoms with Crippen LogP contribution in [0.3, 0.4) is 0 Å². The lowest BCUT2D eigenvalue weighted by Gasteiger charge is -2.18. The lowest BCUT2D eigenvalue weighted by molar-refractivity contribution is -0.149. The molecule has 0 amide bonds. The summed E-state index contributed by atoms with van der Waals surface area (Å²) in [5.74, 6) is 0.311. The van der Waals surface area contributed by atoms with E-state index in [4.69, 9.17) is 9.47 Å². The van der Waals surface area contributed by atoms with Gasteiger partial charge in [-0.25, -0.2) is 0 Å². The van der Waals surface area contributed by atoms with E-state index in [1.165, 1.54) is 141 Å². The number of carbonyl (C=O) groups is 2. The minimum absolute atomic E-state index is 0.0814. The molecule has 280 valence electrons. The summed E-state index contributed by atoms with van der Waals surface area (Å²) in [5, 5.41) is 0. The van der Waals surface area contributed by atoms with E-state index in [1.807, 2.05) is 0 Å². The van der Waals surface area contributed by atoms with Gasteiger partial charge in [0, 0.05) is 37.8 Å². The summed E-state index contributed by atoms with van der Waals surface area (Å²) in [6.45, 7) is 7.18. The highest BCUT2D eigenvalue weighted by Crippen LogP contribution is 2.24. The van der Waals surface area contributed by atoms with Crippen LogP contribution >= 0.6 is 0 Å². The average Bonchev–Trinajstić information content (AvgIpc) is 3.45. The first-order valence-electron chi connectivity index (χ1n) is 20.9. The molecular weight excluding hydrogens is 594 g/mol. The van der Waals surface area contributed by atoms with E-state index in [1.54, 1.807) is 0 Å². The highest BCUT2D eigenvalue weighted by Gasteiger charge is 2.32. The van der Waals surface area contributed by atoms with Crippen LogP contribution in [0.4, 0.5) is 0 Å². The standard InChI is InChI=1S/C43H79NO4/c1-4-6-8-10-12-14-16-18-20-22-24-26-28-30-32-34-42(45)47-38-40-36-44(3)37-41(40)39-48-43(46)35-33-31-29-27-25-23-21-19-17-15-13-11-9-7-5-2/h18-21,40-41H,4-17,22-39H2,1-3H3/t40-,41?/m0/s1. The number of likely N-dealkylation sites (tertiary alicyclic amines) is 1. The lowest BCUT2D eigenvalue weighted by Crippen LogP contribution is -2.25. The quantitative estimate of drug-likeness (QED) is 0.0386. The predicted molar refractivity (Wildman–Crippen MR) is 205 cm³/mol. The summed E-state index contributed by atoms with van der Waals surface area (Å²) in [5.41, 5.74) is 0. The average molecular weight is 674 g/mol. The molecule has 0 N–H and O–H groups in total. The monoisotopic (exact) mass is 674 g/mol. The van der Waals surface area contributed by atoms with Gasteiger partial charge in [-0.2, -0.15) is 0 Å². The van der Waals surface area contributed by atoms with Crippen molar-refractivity contribution in [2.24, 2.45) is 11.8 Å². The maximum atomic E-state index is 12.4. The largest absolute Gasteiger partial charge is 0.465 e. The molecule has 1 unspecified atom stereocenters. The molecule has 1 fully saturated rings. The maximum Gasteiger partial charge on any atom is 0.305 e. The summed E-state index contributed by atoms with van der Waals surface area (Å²) in [7, 11) is 2.09. The van der Waals surface area contributed by atoms with Gasteiger partial charge in [0.2, 0.25) is 0 Å². The molecule has 48 heavy (non-hydrogen) atoms. The topological polar surface area (TPSA) is 55.8 Å². The fourth-order valence-corrected chi connectivity index (χ4v) is 6.78. The molecule has 5 nitrogen and oxygen atoms in total. The third kappa shape index (κ3) is 28.2. The van der Waals surface area contributed by atoms with Gasteiger partial charge in [-0.05, 0) is 71.3 Å². The number of allylic oxidation sites excluding steroid dienone is 4. The molecule has 5 heteroatoms. The van der Waals surface area contributed by atoms with Crippen molar-refractivity contribution in [2.75, 3.05) is 33.4 Å². The Morgan fingerprint density at radius 2 is 0.771 bits per heavy atom. The third-order valence-electron chi connectivity index (χ3n) is 9.96. The van der Waals surface area contributed by atoms with Gasteiger partial charge in [-0.15, -0.1) is 0 Å². The summed E-state index contributed by atoms with van der Waals surface area (Å²) < 4.78 is 11.3. The van der Waals surface area contributed by atoms with Gasteiger partial charge in [0.05, 0.1) is 13.2 Å². The Kier molecular flexibility index (Phi) is 31.3. The first kappa shape index (κ1) is 44.4. The van der Waals surface area contributed by atoms with E-state index >= 15 is 0 Å². The molecule has 0 saturated carbocycles. The first-order chi connectivity index (χ1) is 23.6. The van der Waals surface area contributed by atoms with Crippen LogP contribution < -0.4 is 0 Å². The van der Waals surface area contributed by atoms with Crippen LogP contribution in [-0.2, 0) is 19.1 Å². The van der Waals surface area contributed by atoms with E-state index in [9.17, 15) is 9.59 Å². The van der Waals surface area contributed by atoms with Crippen LogP contribution in [0.2, 0.25) is 0 Å². The van der Waals surface area contributed by atoms with Crippen molar-refractivity contribution >= 4 is 11.9 Å². The van der Waals surface area contributed by atoms with Crippen LogP contribution in [0.25, 0.3) is 0 Å². The minimum Gasteiger partial charge on any atom is -0.465 e. The van der Waals surface area contributed by atoms with Crippen LogP contribution in [0.1, 0.15) is 194 Å². The lowest BCUT2D eigenvalue weighted by atomic mass is 9.98. The number of carbonyl (C=O) groups excluding carboxylic acids is 2. The molecule has 1 saturated heterocycles. The first-order valence-corrected chi connectivity index (χ1v) is 20.9. The van der Waals surface area contributed by atoms with Crippen molar-refractivity contribution in [1.29, 1.82) is 0 Å². The molecule has 1 rings (SSSR count). The molecule has 0 radical (unpaired) electrons. The Labute approximate surface area is 298 Å². The maximum absolute atomic E-state index is 12.4. The molecule has 0 bridgehead atoms. The second kappa shape index (κ2) is 33.9. The van der Waals surface area contributed by atoms with Crippen molar-refractivity contribution in [3.05, 3.63) is 24.3 Å².